The van der Waals surface area contributed by atoms with Crippen LogP contribution in [0.3, 0.4) is 0 Å². The summed E-state index contributed by atoms with van der Waals surface area (Å²) in [5.41, 5.74) is 1.05. The zero-order valence-electron chi connectivity index (χ0n) is 21.4. The highest BCUT2D eigenvalue weighted by atomic mass is 19.1. The molecule has 1 amide bonds. The van der Waals surface area contributed by atoms with E-state index >= 15 is 0 Å². The van der Waals surface area contributed by atoms with Crippen molar-refractivity contribution < 1.29 is 23.4 Å². The first-order valence-corrected chi connectivity index (χ1v) is 12.6. The molecule has 1 aliphatic rings. The van der Waals surface area contributed by atoms with Crippen molar-refractivity contribution in [3.05, 3.63) is 69.9 Å². The van der Waals surface area contributed by atoms with E-state index in [-0.39, 0.29) is 42.7 Å². The monoisotopic (exact) mass is 525 g/mol. The Morgan fingerprint density at radius 3 is 2.76 bits per heavy atom. The van der Waals surface area contributed by atoms with Crippen LogP contribution in [0.2, 0.25) is 0 Å². The maximum Gasteiger partial charge on any atom is 0.273 e. The number of aryl methyl sites for hydroxylation is 1. The lowest BCUT2D eigenvalue weighted by atomic mass is 10.2. The molecule has 0 radical (unpaired) electrons. The lowest BCUT2D eigenvalue weighted by Crippen LogP contribution is -2.38. The molecule has 1 saturated heterocycles. The minimum absolute atomic E-state index is 0.129. The molecule has 2 aromatic carbocycles. The van der Waals surface area contributed by atoms with Crippen molar-refractivity contribution in [2.24, 2.45) is 0 Å². The van der Waals surface area contributed by atoms with E-state index in [4.69, 9.17) is 14.2 Å². The van der Waals surface area contributed by atoms with Gasteiger partial charge in [0.2, 0.25) is 5.91 Å². The SMILES string of the molecule is COc1cc(-c2nnc(CCC(=O)NCCCN3CCOCC3)c(=O)[nH]2)ccc1OCc1cccc(F)c1. The highest BCUT2D eigenvalue weighted by molar-refractivity contribution is 5.76. The first-order valence-electron chi connectivity index (χ1n) is 12.6. The number of hydrogen-bond donors (Lipinski definition) is 2. The predicted molar refractivity (Wildman–Crippen MR) is 139 cm³/mol. The minimum Gasteiger partial charge on any atom is -0.493 e. The van der Waals surface area contributed by atoms with Gasteiger partial charge in [-0.15, -0.1) is 10.2 Å². The van der Waals surface area contributed by atoms with E-state index in [1.807, 2.05) is 0 Å². The number of methoxy groups -OCH3 is 1. The number of hydrogen-bond acceptors (Lipinski definition) is 8. The fraction of sp³-hybridized carbons (Fsp3) is 0.407. The maximum absolute atomic E-state index is 13.4. The number of nitrogens with zero attached hydrogens (tertiary/aromatic N) is 3. The van der Waals surface area contributed by atoms with E-state index < -0.39 is 5.56 Å². The molecule has 2 N–H and O–H groups in total. The van der Waals surface area contributed by atoms with Gasteiger partial charge < -0.3 is 24.5 Å². The molecule has 0 unspecified atom stereocenters. The average Bonchev–Trinajstić information content (AvgIpc) is 2.94. The van der Waals surface area contributed by atoms with E-state index in [9.17, 15) is 14.0 Å². The third-order valence-electron chi connectivity index (χ3n) is 6.15. The van der Waals surface area contributed by atoms with Crippen LogP contribution in [-0.2, 0) is 22.6 Å². The summed E-state index contributed by atoms with van der Waals surface area (Å²) in [5.74, 6) is 0.691. The third-order valence-corrected chi connectivity index (χ3v) is 6.15. The van der Waals surface area contributed by atoms with Gasteiger partial charge in [0.25, 0.3) is 5.56 Å². The quantitative estimate of drug-likeness (QED) is 0.346. The van der Waals surface area contributed by atoms with Crippen molar-refractivity contribution in [2.45, 2.75) is 25.9 Å². The Balaban J connectivity index is 1.28. The zero-order chi connectivity index (χ0) is 26.7. The van der Waals surface area contributed by atoms with Gasteiger partial charge in [0, 0.05) is 38.0 Å². The predicted octanol–water partition coefficient (Wildman–Crippen LogP) is 2.33. The second-order valence-corrected chi connectivity index (χ2v) is 8.89. The first kappa shape index (κ1) is 27.2. The second-order valence-electron chi connectivity index (χ2n) is 8.89. The van der Waals surface area contributed by atoms with Crippen LogP contribution < -0.4 is 20.3 Å². The molecule has 10 nitrogen and oxygen atoms in total. The van der Waals surface area contributed by atoms with Crippen LogP contribution in [0.1, 0.15) is 24.1 Å². The molecule has 0 bridgehead atoms. The second kappa shape index (κ2) is 13.6. The van der Waals surface area contributed by atoms with Crippen LogP contribution in [0.4, 0.5) is 4.39 Å². The fourth-order valence-electron chi connectivity index (χ4n) is 4.05. The molecule has 1 aromatic heterocycles. The van der Waals surface area contributed by atoms with Crippen molar-refractivity contribution >= 4 is 5.91 Å². The van der Waals surface area contributed by atoms with Gasteiger partial charge in [0.1, 0.15) is 18.1 Å². The van der Waals surface area contributed by atoms with Crippen LogP contribution in [-0.4, -0.2) is 72.5 Å². The van der Waals surface area contributed by atoms with Gasteiger partial charge in [0.15, 0.2) is 17.3 Å². The highest BCUT2D eigenvalue weighted by Gasteiger charge is 2.13. The van der Waals surface area contributed by atoms with Crippen molar-refractivity contribution in [3.8, 4) is 22.9 Å². The van der Waals surface area contributed by atoms with Crippen molar-refractivity contribution in [1.82, 2.24) is 25.4 Å². The summed E-state index contributed by atoms with van der Waals surface area (Å²) in [7, 11) is 1.50. The number of carbonyl (C=O) groups excluding carboxylic acids is 1. The van der Waals surface area contributed by atoms with Crippen LogP contribution in [0.5, 0.6) is 11.5 Å². The standard InChI is InChI=1S/C27H32FN5O5/c1-36-24-17-20(6-8-23(24)38-18-19-4-2-5-21(28)16-19)26-30-27(35)22(31-32-26)7-9-25(34)29-10-3-11-33-12-14-37-15-13-33/h2,4-6,8,16-17H,3,7,9-15,18H2,1H3,(H,29,34)(H,30,32,35). The minimum atomic E-state index is -0.402. The summed E-state index contributed by atoms with van der Waals surface area (Å²) in [6.07, 6.45) is 1.20. The molecule has 0 saturated carbocycles. The van der Waals surface area contributed by atoms with E-state index in [0.29, 0.717) is 29.2 Å². The largest absolute Gasteiger partial charge is 0.493 e. The normalized spacial score (nSPS) is 13.7. The number of aromatic amines is 1. The third kappa shape index (κ3) is 7.83. The summed E-state index contributed by atoms with van der Waals surface area (Å²) >= 11 is 0. The molecule has 2 heterocycles. The van der Waals surface area contributed by atoms with E-state index in [1.54, 1.807) is 30.3 Å². The Kier molecular flexibility index (Phi) is 9.77. The number of carbonyl (C=O) groups is 1. The Hall–Kier alpha value is -3.83. The molecule has 4 rings (SSSR count). The summed E-state index contributed by atoms with van der Waals surface area (Å²) in [4.78, 5) is 29.8. The molecule has 1 aliphatic heterocycles. The van der Waals surface area contributed by atoms with Gasteiger partial charge in [-0.1, -0.05) is 12.1 Å². The molecular formula is C27H32FN5O5. The van der Waals surface area contributed by atoms with Gasteiger partial charge >= 0.3 is 0 Å². The number of halogens is 1. The molecule has 38 heavy (non-hydrogen) atoms. The Morgan fingerprint density at radius 1 is 1.16 bits per heavy atom. The van der Waals surface area contributed by atoms with Gasteiger partial charge in [-0.2, -0.15) is 0 Å². The Labute approximate surface area is 220 Å². The Morgan fingerprint density at radius 2 is 2.00 bits per heavy atom. The molecule has 0 spiro atoms. The number of amides is 1. The fourth-order valence-corrected chi connectivity index (χ4v) is 4.05. The summed E-state index contributed by atoms with van der Waals surface area (Å²) in [5, 5.41) is 11.1. The molecule has 0 atom stereocenters. The number of morpholine rings is 1. The number of rotatable bonds is 12. The Bertz CT molecular complexity index is 1280. The molecule has 0 aliphatic carbocycles. The lowest BCUT2D eigenvalue weighted by molar-refractivity contribution is -0.121. The van der Waals surface area contributed by atoms with E-state index in [1.165, 1.54) is 19.2 Å². The smallest absolute Gasteiger partial charge is 0.273 e. The number of benzene rings is 2. The number of nitrogens with one attached hydrogen (secondary N) is 2. The van der Waals surface area contributed by atoms with Crippen LogP contribution in [0, 0.1) is 5.82 Å². The van der Waals surface area contributed by atoms with Gasteiger partial charge in [-0.05, 0) is 48.9 Å². The molecular weight excluding hydrogens is 493 g/mol. The highest BCUT2D eigenvalue weighted by Crippen LogP contribution is 2.31. The molecule has 11 heteroatoms. The molecule has 3 aromatic rings. The van der Waals surface area contributed by atoms with Crippen LogP contribution in [0.15, 0.2) is 47.3 Å². The lowest BCUT2D eigenvalue weighted by Gasteiger charge is -2.26. The number of aromatic nitrogens is 3. The van der Waals surface area contributed by atoms with E-state index in [0.717, 1.165) is 39.3 Å². The first-order chi connectivity index (χ1) is 18.5. The van der Waals surface area contributed by atoms with Crippen molar-refractivity contribution in [1.29, 1.82) is 0 Å². The van der Waals surface area contributed by atoms with Crippen molar-refractivity contribution in [3.63, 3.8) is 0 Å². The zero-order valence-corrected chi connectivity index (χ0v) is 21.4. The molecule has 1 fully saturated rings. The number of H-pyrrole nitrogens is 1. The number of ether oxygens (including phenoxy) is 3. The van der Waals surface area contributed by atoms with Crippen molar-refractivity contribution in [2.75, 3.05) is 46.5 Å². The average molecular weight is 526 g/mol. The molecule has 202 valence electrons. The topological polar surface area (TPSA) is 119 Å². The van der Waals surface area contributed by atoms with Gasteiger partial charge in [0.05, 0.1) is 20.3 Å². The van der Waals surface area contributed by atoms with Crippen LogP contribution in [0.25, 0.3) is 11.4 Å². The van der Waals surface area contributed by atoms with Gasteiger partial charge in [-0.25, -0.2) is 4.39 Å². The van der Waals surface area contributed by atoms with Gasteiger partial charge in [-0.3, -0.25) is 14.5 Å². The van der Waals surface area contributed by atoms with Crippen LogP contribution >= 0.6 is 0 Å². The summed E-state index contributed by atoms with van der Waals surface area (Å²) in [6.45, 7) is 5.03. The summed E-state index contributed by atoms with van der Waals surface area (Å²) < 4.78 is 29.9. The summed E-state index contributed by atoms with van der Waals surface area (Å²) in [6, 6.07) is 11.2. The van der Waals surface area contributed by atoms with E-state index in [2.05, 4.69) is 25.4 Å². The maximum atomic E-state index is 13.4.